The largest absolute Gasteiger partial charge is 0.416 e. The van der Waals surface area contributed by atoms with Crippen molar-refractivity contribution in [2.75, 3.05) is 19.6 Å². The molecule has 1 saturated heterocycles. The fourth-order valence-corrected chi connectivity index (χ4v) is 4.58. The van der Waals surface area contributed by atoms with E-state index in [0.717, 1.165) is 4.68 Å². The van der Waals surface area contributed by atoms with Crippen molar-refractivity contribution in [3.8, 4) is 17.1 Å². The number of hydrogen-bond acceptors (Lipinski definition) is 7. The van der Waals surface area contributed by atoms with Crippen LogP contribution in [-0.4, -0.2) is 82.8 Å². The van der Waals surface area contributed by atoms with Gasteiger partial charge in [-0.1, -0.05) is 35.3 Å². The van der Waals surface area contributed by atoms with E-state index in [1.54, 1.807) is 24.3 Å². The lowest BCUT2D eigenvalue weighted by molar-refractivity contribution is -0.207. The summed E-state index contributed by atoms with van der Waals surface area (Å²) in [6.07, 6.45) is -7.84. The summed E-state index contributed by atoms with van der Waals surface area (Å²) >= 11 is 12.3. The summed E-state index contributed by atoms with van der Waals surface area (Å²) in [6, 6.07) is 12.3. The first-order valence-electron chi connectivity index (χ1n) is 12.4. The van der Waals surface area contributed by atoms with Crippen molar-refractivity contribution in [3.05, 3.63) is 80.7 Å². The maximum absolute atomic E-state index is 13.4. The number of nitrogens with one attached hydrogen (secondary N) is 1. The van der Waals surface area contributed by atoms with E-state index in [0.29, 0.717) is 9.59 Å². The molecule has 1 fully saturated rings. The molecule has 0 radical (unpaired) electrons. The molecule has 2 aromatic carbocycles. The van der Waals surface area contributed by atoms with Gasteiger partial charge >= 0.3 is 11.9 Å². The maximum Gasteiger partial charge on any atom is 0.416 e. The second-order valence-electron chi connectivity index (χ2n) is 9.23. The number of carbonyl (C=O) groups is 2. The quantitative estimate of drug-likeness (QED) is 0.321. The number of aliphatic hydroxyl groups is 1. The van der Waals surface area contributed by atoms with E-state index in [1.165, 1.54) is 33.8 Å². The minimum atomic E-state index is -4.99. The van der Waals surface area contributed by atoms with E-state index < -0.39 is 37.0 Å². The molecule has 1 atom stereocenters. The van der Waals surface area contributed by atoms with Crippen molar-refractivity contribution in [2.24, 2.45) is 0 Å². The molecule has 0 unspecified atom stereocenters. The van der Waals surface area contributed by atoms with Crippen LogP contribution in [0.15, 0.2) is 53.3 Å². The monoisotopic (exact) mass is 624 g/mol. The Bertz CT molecular complexity index is 1700. The van der Waals surface area contributed by atoms with Crippen molar-refractivity contribution in [1.29, 1.82) is 0 Å². The number of rotatable bonds is 7. The Morgan fingerprint density at radius 1 is 1.07 bits per heavy atom. The number of alkyl halides is 3. The molecule has 1 aliphatic heterocycles. The van der Waals surface area contributed by atoms with Crippen LogP contribution in [0.2, 0.25) is 10.0 Å². The third kappa shape index (κ3) is 6.03. The zero-order chi connectivity index (χ0) is 30.2. The molecule has 2 amide bonds. The van der Waals surface area contributed by atoms with Crippen LogP contribution in [0.4, 0.5) is 13.2 Å². The summed E-state index contributed by atoms with van der Waals surface area (Å²) in [4.78, 5) is 44.2. The number of piperazine rings is 1. The minimum absolute atomic E-state index is 0.0921. The lowest BCUT2D eigenvalue weighted by Crippen LogP contribution is -2.50. The molecule has 0 bridgehead atoms. The fraction of sp³-hybridized carbons (Fsp3) is 0.280. The molecule has 4 aromatic rings. The highest BCUT2D eigenvalue weighted by molar-refractivity contribution is 6.32. The van der Waals surface area contributed by atoms with Gasteiger partial charge in [-0.2, -0.15) is 13.2 Å². The van der Waals surface area contributed by atoms with Gasteiger partial charge in [0.15, 0.2) is 17.8 Å². The summed E-state index contributed by atoms with van der Waals surface area (Å²) in [6.45, 7) is -1.33. The number of carbonyl (C=O) groups excluding carboxylic acids is 2. The van der Waals surface area contributed by atoms with Crippen molar-refractivity contribution in [1.82, 2.24) is 39.3 Å². The van der Waals surface area contributed by atoms with Crippen molar-refractivity contribution >= 4 is 35.0 Å². The lowest BCUT2D eigenvalue weighted by atomic mass is 10.2. The molecule has 1 aliphatic rings. The number of nitrogens with zero attached hydrogens (tertiary/aromatic N) is 7. The molecule has 3 heterocycles. The molecule has 0 saturated carbocycles. The zero-order valence-electron chi connectivity index (χ0n) is 21.4. The van der Waals surface area contributed by atoms with E-state index in [-0.39, 0.29) is 59.3 Å². The topological polar surface area (TPSA) is 140 Å². The van der Waals surface area contributed by atoms with Gasteiger partial charge < -0.3 is 15.3 Å². The smallest absolute Gasteiger partial charge is 0.382 e. The highest BCUT2D eigenvalue weighted by Crippen LogP contribution is 2.25. The average molecular weight is 625 g/mol. The van der Waals surface area contributed by atoms with Gasteiger partial charge in [-0.05, 0) is 36.4 Å². The van der Waals surface area contributed by atoms with Gasteiger partial charge in [0.05, 0.1) is 17.3 Å². The number of amides is 2. The lowest BCUT2D eigenvalue weighted by Gasteiger charge is -2.26. The molecule has 2 N–H and O–H groups in total. The van der Waals surface area contributed by atoms with Crippen LogP contribution in [-0.2, 0) is 17.9 Å². The Morgan fingerprint density at radius 3 is 2.45 bits per heavy atom. The average Bonchev–Trinajstić information content (AvgIpc) is 3.49. The molecule has 42 heavy (non-hydrogen) atoms. The molecule has 5 rings (SSSR count). The van der Waals surface area contributed by atoms with Crippen LogP contribution < -0.4 is 11.0 Å². The molecule has 17 heteroatoms. The first kappa shape index (κ1) is 29.3. The van der Waals surface area contributed by atoms with Gasteiger partial charge in [0.1, 0.15) is 13.1 Å². The van der Waals surface area contributed by atoms with E-state index in [2.05, 4.69) is 20.5 Å². The van der Waals surface area contributed by atoms with Gasteiger partial charge in [0.25, 0.3) is 5.91 Å². The first-order valence-corrected chi connectivity index (χ1v) is 13.1. The third-order valence-electron chi connectivity index (χ3n) is 6.30. The molecule has 220 valence electrons. The predicted molar refractivity (Wildman–Crippen MR) is 143 cm³/mol. The Labute approximate surface area is 244 Å². The highest BCUT2D eigenvalue weighted by Gasteiger charge is 2.39. The molecule has 2 aromatic heterocycles. The van der Waals surface area contributed by atoms with E-state index in [1.807, 2.05) is 0 Å². The van der Waals surface area contributed by atoms with Gasteiger partial charge in [0.2, 0.25) is 11.7 Å². The number of halogens is 5. The van der Waals surface area contributed by atoms with Crippen LogP contribution in [0.3, 0.4) is 0 Å². The van der Waals surface area contributed by atoms with Gasteiger partial charge in [-0.25, -0.2) is 19.1 Å². The van der Waals surface area contributed by atoms with E-state index >= 15 is 0 Å². The van der Waals surface area contributed by atoms with Crippen LogP contribution in [0.1, 0.15) is 16.4 Å². The Hall–Kier alpha value is -4.21. The highest BCUT2D eigenvalue weighted by atomic mass is 35.5. The summed E-state index contributed by atoms with van der Waals surface area (Å²) in [5.41, 5.74) is -0.438. The zero-order valence-corrected chi connectivity index (χ0v) is 22.9. The molecular formula is C25H21Cl2F3N8O4. The van der Waals surface area contributed by atoms with Crippen LogP contribution in [0.25, 0.3) is 17.1 Å². The molecule has 0 spiro atoms. The first-order chi connectivity index (χ1) is 19.9. The maximum atomic E-state index is 13.4. The number of hydrogen-bond donors (Lipinski definition) is 2. The van der Waals surface area contributed by atoms with Gasteiger partial charge in [-0.15, -0.1) is 10.2 Å². The number of benzene rings is 2. The minimum Gasteiger partial charge on any atom is -0.382 e. The number of aliphatic hydroxyl groups excluding tert-OH is 1. The predicted octanol–water partition coefficient (Wildman–Crippen LogP) is 2.14. The fourth-order valence-electron chi connectivity index (χ4n) is 4.24. The van der Waals surface area contributed by atoms with Crippen LogP contribution in [0, 0.1) is 0 Å². The Kier molecular flexibility index (Phi) is 8.08. The SMILES string of the molecule is O=C1CN(C(=O)c2nc(Cn3nc(-c4ccc(Cl)cc4)n(C[C@H](O)C(F)(F)F)c3=O)nn2-c2ccccc2Cl)CCN1. The van der Waals surface area contributed by atoms with E-state index in [4.69, 9.17) is 23.2 Å². The van der Waals surface area contributed by atoms with Crippen molar-refractivity contribution in [3.63, 3.8) is 0 Å². The summed E-state index contributed by atoms with van der Waals surface area (Å²) < 4.78 is 42.3. The standard InChI is InChI=1S/C25H21Cl2F3N8O4/c26-15-7-5-14(6-8-15)21-34-37(24(42)36(21)11-18(39)25(28,29)30)12-19-32-22(23(41)35-10-9-31-20(40)13-35)38(33-19)17-4-2-1-3-16(17)27/h1-8,18,39H,9-13H2,(H,31,40)/t18-/m0/s1. The Balaban J connectivity index is 1.57. The van der Waals surface area contributed by atoms with Crippen LogP contribution >= 0.6 is 23.2 Å². The second-order valence-corrected chi connectivity index (χ2v) is 10.1. The van der Waals surface area contributed by atoms with Crippen molar-refractivity contribution < 1.29 is 27.9 Å². The Morgan fingerprint density at radius 2 is 1.79 bits per heavy atom. The summed E-state index contributed by atoms with van der Waals surface area (Å²) in [5.74, 6) is -1.44. The van der Waals surface area contributed by atoms with Crippen LogP contribution in [0.5, 0.6) is 0 Å². The molecular weight excluding hydrogens is 604 g/mol. The summed E-state index contributed by atoms with van der Waals surface area (Å²) in [5, 5.41) is 21.5. The normalized spacial score (nSPS) is 14.6. The number of para-hydroxylation sites is 1. The molecule has 12 nitrogen and oxygen atoms in total. The number of aromatic nitrogens is 6. The third-order valence-corrected chi connectivity index (χ3v) is 6.87. The second kappa shape index (κ2) is 11.6. The van der Waals surface area contributed by atoms with E-state index in [9.17, 15) is 32.7 Å². The van der Waals surface area contributed by atoms with Crippen molar-refractivity contribution in [2.45, 2.75) is 25.4 Å². The summed E-state index contributed by atoms with van der Waals surface area (Å²) in [7, 11) is 0. The van der Waals surface area contributed by atoms with Gasteiger partial charge in [0, 0.05) is 23.7 Å². The van der Waals surface area contributed by atoms with Gasteiger partial charge in [-0.3, -0.25) is 14.2 Å². The molecule has 0 aliphatic carbocycles.